The molecule has 0 spiro atoms. The van der Waals surface area contributed by atoms with Gasteiger partial charge in [-0.3, -0.25) is 19.2 Å². The van der Waals surface area contributed by atoms with Gasteiger partial charge in [-0.2, -0.15) is 0 Å². The van der Waals surface area contributed by atoms with Crippen LogP contribution in [0.25, 0.3) is 0 Å². The summed E-state index contributed by atoms with van der Waals surface area (Å²) in [7, 11) is 0. The fourth-order valence-electron chi connectivity index (χ4n) is 4.66. The van der Waals surface area contributed by atoms with E-state index in [2.05, 4.69) is 26.6 Å². The Labute approximate surface area is 240 Å². The van der Waals surface area contributed by atoms with Crippen molar-refractivity contribution in [1.29, 1.82) is 0 Å². The van der Waals surface area contributed by atoms with E-state index in [1.807, 2.05) is 74.5 Å². The Morgan fingerprint density at radius 2 is 1.44 bits per heavy atom. The molecule has 0 aromatic heterocycles. The van der Waals surface area contributed by atoms with Gasteiger partial charge in [0.25, 0.3) is 5.91 Å². The first-order valence-corrected chi connectivity index (χ1v) is 13.9. The van der Waals surface area contributed by atoms with Gasteiger partial charge in [-0.15, -0.1) is 0 Å². The van der Waals surface area contributed by atoms with E-state index in [9.17, 15) is 19.2 Å². The second kappa shape index (κ2) is 13.6. The van der Waals surface area contributed by atoms with Crippen molar-refractivity contribution in [1.82, 2.24) is 21.3 Å². The van der Waals surface area contributed by atoms with E-state index >= 15 is 0 Å². The summed E-state index contributed by atoms with van der Waals surface area (Å²) < 4.78 is 0. The highest BCUT2D eigenvalue weighted by Crippen LogP contribution is 2.20. The van der Waals surface area contributed by atoms with Crippen LogP contribution in [0.2, 0.25) is 0 Å². The van der Waals surface area contributed by atoms with Crippen molar-refractivity contribution >= 4 is 35.0 Å². The van der Waals surface area contributed by atoms with E-state index < -0.39 is 35.8 Å². The SMILES string of the molecule is CC(C)CC1NC(=O)[C@H](C)NC(=O)C(Cc2ccccc2)NC(=O)c2cccc(c2)Nc2cccc(c2)CNC1=O. The standard InChI is InChI=1S/C32H37N5O4/c1-20(2)15-27-31(40)33-19-23-11-7-13-25(16-23)35-26-14-8-12-24(18-26)30(39)37-28(17-22-9-5-4-6-10-22)32(41)34-21(3)29(38)36-27/h4-14,16,18,20-21,27-28,35H,15,17,19H2,1-3H3,(H,33,40)(H,34,41)(H,36,38)(H,37,39)/t21-,27?,28?/m0/s1. The second-order valence-electron chi connectivity index (χ2n) is 10.8. The van der Waals surface area contributed by atoms with Crippen LogP contribution in [0.4, 0.5) is 11.4 Å². The van der Waals surface area contributed by atoms with Crippen LogP contribution in [0.15, 0.2) is 78.9 Å². The Bertz CT molecular complexity index is 1390. The number of amides is 4. The molecule has 0 saturated heterocycles. The molecule has 0 radical (unpaired) electrons. The molecule has 3 aromatic carbocycles. The normalized spacial score (nSPS) is 20.3. The van der Waals surface area contributed by atoms with E-state index in [1.54, 1.807) is 25.1 Å². The fourth-order valence-corrected chi connectivity index (χ4v) is 4.66. The van der Waals surface area contributed by atoms with Gasteiger partial charge in [-0.05, 0) is 60.7 Å². The van der Waals surface area contributed by atoms with Crippen molar-refractivity contribution in [3.63, 3.8) is 0 Å². The molecule has 9 heteroatoms. The molecule has 1 aliphatic rings. The molecule has 0 fully saturated rings. The Kier molecular flexibility index (Phi) is 9.73. The van der Waals surface area contributed by atoms with Gasteiger partial charge in [0.2, 0.25) is 17.7 Å². The summed E-state index contributed by atoms with van der Waals surface area (Å²) in [6, 6.07) is 21.3. The number of nitrogens with one attached hydrogen (secondary N) is 5. The van der Waals surface area contributed by atoms with Gasteiger partial charge < -0.3 is 26.6 Å². The van der Waals surface area contributed by atoms with Crippen molar-refractivity contribution in [3.05, 3.63) is 95.6 Å². The highest BCUT2D eigenvalue weighted by atomic mass is 16.2. The zero-order valence-corrected chi connectivity index (χ0v) is 23.6. The number of carbonyl (C=O) groups excluding carboxylic acids is 4. The highest BCUT2D eigenvalue weighted by molar-refractivity contribution is 5.99. The first-order valence-electron chi connectivity index (χ1n) is 13.9. The summed E-state index contributed by atoms with van der Waals surface area (Å²) in [5.41, 5.74) is 3.58. The van der Waals surface area contributed by atoms with Gasteiger partial charge in [-0.1, -0.05) is 62.4 Å². The quantitative estimate of drug-likeness (QED) is 0.337. The Hall–Kier alpha value is -4.66. The topological polar surface area (TPSA) is 128 Å². The monoisotopic (exact) mass is 555 g/mol. The van der Waals surface area contributed by atoms with Crippen LogP contribution in [0, 0.1) is 5.92 Å². The Morgan fingerprint density at radius 1 is 0.732 bits per heavy atom. The van der Waals surface area contributed by atoms with Crippen LogP contribution in [-0.2, 0) is 27.3 Å². The molecule has 9 nitrogen and oxygen atoms in total. The van der Waals surface area contributed by atoms with Crippen LogP contribution < -0.4 is 26.6 Å². The molecular weight excluding hydrogens is 518 g/mol. The van der Waals surface area contributed by atoms with Gasteiger partial charge in [-0.25, -0.2) is 0 Å². The average Bonchev–Trinajstić information content (AvgIpc) is 2.95. The lowest BCUT2D eigenvalue weighted by Gasteiger charge is -2.24. The maximum Gasteiger partial charge on any atom is 0.252 e. The molecule has 3 atom stereocenters. The lowest BCUT2D eigenvalue weighted by molar-refractivity contribution is -0.132. The first kappa shape index (κ1) is 29.3. The number of benzene rings is 3. The maximum absolute atomic E-state index is 13.4. The number of fused-ring (bicyclic) bond motifs is 4. The van der Waals surface area contributed by atoms with Crippen molar-refractivity contribution in [2.45, 2.75) is 58.3 Å². The van der Waals surface area contributed by atoms with Crippen LogP contribution in [0.3, 0.4) is 0 Å². The van der Waals surface area contributed by atoms with E-state index in [1.165, 1.54) is 0 Å². The summed E-state index contributed by atoms with van der Waals surface area (Å²) in [5, 5.41) is 14.6. The number of rotatable bonds is 4. The van der Waals surface area contributed by atoms with E-state index in [-0.39, 0.29) is 24.8 Å². The van der Waals surface area contributed by atoms with Crippen molar-refractivity contribution in [2.75, 3.05) is 5.32 Å². The van der Waals surface area contributed by atoms with Crippen LogP contribution >= 0.6 is 0 Å². The summed E-state index contributed by atoms with van der Waals surface area (Å²) >= 11 is 0. The van der Waals surface area contributed by atoms with Crippen molar-refractivity contribution < 1.29 is 19.2 Å². The first-order chi connectivity index (χ1) is 19.7. The molecule has 3 aromatic rings. The Morgan fingerprint density at radius 3 is 2.17 bits per heavy atom. The minimum atomic E-state index is -0.940. The molecule has 1 aliphatic heterocycles. The summed E-state index contributed by atoms with van der Waals surface area (Å²) in [4.78, 5) is 53.0. The second-order valence-corrected chi connectivity index (χ2v) is 10.8. The number of hydrogen-bond donors (Lipinski definition) is 5. The molecule has 4 amide bonds. The molecule has 41 heavy (non-hydrogen) atoms. The summed E-state index contributed by atoms with van der Waals surface area (Å²) in [6.07, 6.45) is 0.665. The van der Waals surface area contributed by atoms with E-state index in [4.69, 9.17) is 0 Å². The number of carbonyl (C=O) groups is 4. The lowest BCUT2D eigenvalue weighted by atomic mass is 10.0. The summed E-state index contributed by atoms with van der Waals surface area (Å²) in [6.45, 7) is 5.77. The Balaban J connectivity index is 1.67. The van der Waals surface area contributed by atoms with E-state index in [0.717, 1.165) is 16.8 Å². The van der Waals surface area contributed by atoms with Gasteiger partial charge >= 0.3 is 0 Å². The third kappa shape index (κ3) is 8.41. The third-order valence-corrected chi connectivity index (χ3v) is 6.80. The maximum atomic E-state index is 13.4. The van der Waals surface area contributed by atoms with Crippen LogP contribution in [0.5, 0.6) is 0 Å². The molecule has 2 unspecified atom stereocenters. The van der Waals surface area contributed by atoms with Crippen LogP contribution in [0.1, 0.15) is 48.7 Å². The molecular formula is C32H37N5O4. The molecule has 5 N–H and O–H groups in total. The molecule has 4 bridgehead atoms. The van der Waals surface area contributed by atoms with Crippen LogP contribution in [-0.4, -0.2) is 41.8 Å². The van der Waals surface area contributed by atoms with Gasteiger partial charge in [0, 0.05) is 29.9 Å². The van der Waals surface area contributed by atoms with Gasteiger partial charge in [0.05, 0.1) is 0 Å². The van der Waals surface area contributed by atoms with Gasteiger partial charge in [0.15, 0.2) is 0 Å². The highest BCUT2D eigenvalue weighted by Gasteiger charge is 2.28. The largest absolute Gasteiger partial charge is 0.355 e. The van der Waals surface area contributed by atoms with Crippen molar-refractivity contribution in [2.24, 2.45) is 5.92 Å². The average molecular weight is 556 g/mol. The predicted molar refractivity (Wildman–Crippen MR) is 158 cm³/mol. The minimum Gasteiger partial charge on any atom is -0.355 e. The van der Waals surface area contributed by atoms with Gasteiger partial charge in [0.1, 0.15) is 18.1 Å². The van der Waals surface area contributed by atoms with Crippen molar-refractivity contribution in [3.8, 4) is 0 Å². The zero-order valence-electron chi connectivity index (χ0n) is 23.6. The smallest absolute Gasteiger partial charge is 0.252 e. The number of anilines is 2. The lowest BCUT2D eigenvalue weighted by Crippen LogP contribution is -2.56. The predicted octanol–water partition coefficient (Wildman–Crippen LogP) is 3.44. The fraction of sp³-hybridized carbons (Fsp3) is 0.312. The van der Waals surface area contributed by atoms with E-state index in [0.29, 0.717) is 17.7 Å². The molecule has 4 rings (SSSR count). The molecule has 0 aliphatic carbocycles. The summed E-state index contributed by atoms with van der Waals surface area (Å²) in [5.74, 6) is -1.56. The molecule has 0 saturated carbocycles. The number of hydrogen-bond acceptors (Lipinski definition) is 5. The molecule has 1 heterocycles. The third-order valence-electron chi connectivity index (χ3n) is 6.80. The zero-order chi connectivity index (χ0) is 29.4. The minimum absolute atomic E-state index is 0.144. The molecule has 214 valence electrons.